The Labute approximate surface area is 120 Å². The molecule has 1 rings (SSSR count). The van der Waals surface area contributed by atoms with Gasteiger partial charge in [-0.2, -0.15) is 0 Å². The number of aromatic nitrogens is 2. The zero-order valence-corrected chi connectivity index (χ0v) is 13.0. The zero-order valence-electron chi connectivity index (χ0n) is 12.2. The summed E-state index contributed by atoms with van der Waals surface area (Å²) < 4.78 is 25.0. The third kappa shape index (κ3) is 4.93. The average molecular weight is 301 g/mol. The van der Waals surface area contributed by atoms with E-state index in [9.17, 15) is 8.42 Å². The Morgan fingerprint density at radius 2 is 1.70 bits per heavy atom. The first kappa shape index (κ1) is 16.6. The SMILES string of the molecule is CCCNc1ncnc(NCCS(=O)(=O)NC)c1CC. The average Bonchev–Trinajstić information content (AvgIpc) is 2.45. The molecule has 0 saturated heterocycles. The van der Waals surface area contributed by atoms with Crippen molar-refractivity contribution < 1.29 is 8.42 Å². The van der Waals surface area contributed by atoms with Gasteiger partial charge >= 0.3 is 0 Å². The Balaban J connectivity index is 2.74. The van der Waals surface area contributed by atoms with Crippen LogP contribution in [0.15, 0.2) is 6.33 Å². The number of sulfonamides is 1. The lowest BCUT2D eigenvalue weighted by Gasteiger charge is -2.14. The van der Waals surface area contributed by atoms with Crippen LogP contribution in [0.2, 0.25) is 0 Å². The van der Waals surface area contributed by atoms with Crippen molar-refractivity contribution in [1.82, 2.24) is 14.7 Å². The van der Waals surface area contributed by atoms with Gasteiger partial charge < -0.3 is 10.6 Å². The van der Waals surface area contributed by atoms with E-state index in [4.69, 9.17) is 0 Å². The monoisotopic (exact) mass is 301 g/mol. The van der Waals surface area contributed by atoms with E-state index in [2.05, 4.69) is 32.2 Å². The first-order valence-electron chi connectivity index (χ1n) is 6.76. The zero-order chi connectivity index (χ0) is 15.0. The van der Waals surface area contributed by atoms with Gasteiger partial charge in [-0.3, -0.25) is 0 Å². The molecular weight excluding hydrogens is 278 g/mol. The third-order valence-corrected chi connectivity index (χ3v) is 4.18. The van der Waals surface area contributed by atoms with Gasteiger partial charge in [0, 0.05) is 18.7 Å². The van der Waals surface area contributed by atoms with Crippen molar-refractivity contribution in [2.45, 2.75) is 26.7 Å². The van der Waals surface area contributed by atoms with Crippen molar-refractivity contribution in [3.8, 4) is 0 Å². The Hall–Kier alpha value is -1.41. The molecule has 1 aromatic rings. The van der Waals surface area contributed by atoms with E-state index < -0.39 is 10.0 Å². The van der Waals surface area contributed by atoms with E-state index in [1.807, 2.05) is 6.92 Å². The molecule has 1 aromatic heterocycles. The number of hydrogen-bond acceptors (Lipinski definition) is 6. The molecule has 0 aromatic carbocycles. The first-order valence-corrected chi connectivity index (χ1v) is 8.42. The van der Waals surface area contributed by atoms with Crippen LogP contribution in [0.4, 0.5) is 11.6 Å². The Morgan fingerprint density at radius 3 is 2.20 bits per heavy atom. The van der Waals surface area contributed by atoms with E-state index in [0.717, 1.165) is 30.8 Å². The van der Waals surface area contributed by atoms with Crippen LogP contribution in [0.3, 0.4) is 0 Å². The fourth-order valence-electron chi connectivity index (χ4n) is 1.70. The maximum atomic E-state index is 11.4. The Bertz CT molecular complexity index is 519. The predicted molar refractivity (Wildman–Crippen MR) is 81.5 cm³/mol. The number of nitrogens with one attached hydrogen (secondary N) is 3. The van der Waals surface area contributed by atoms with Crippen LogP contribution in [0.5, 0.6) is 0 Å². The van der Waals surface area contributed by atoms with E-state index in [0.29, 0.717) is 12.4 Å². The third-order valence-electron chi connectivity index (χ3n) is 2.82. The fourth-order valence-corrected chi connectivity index (χ4v) is 2.28. The van der Waals surface area contributed by atoms with Gasteiger partial charge in [0.25, 0.3) is 0 Å². The summed E-state index contributed by atoms with van der Waals surface area (Å²) in [7, 11) is -1.80. The second-order valence-corrected chi connectivity index (χ2v) is 6.33. The summed E-state index contributed by atoms with van der Waals surface area (Å²) in [6.07, 6.45) is 3.26. The minimum Gasteiger partial charge on any atom is -0.370 e. The minimum absolute atomic E-state index is 0.00831. The van der Waals surface area contributed by atoms with Gasteiger partial charge in [-0.1, -0.05) is 13.8 Å². The summed E-state index contributed by atoms with van der Waals surface area (Å²) in [4.78, 5) is 8.41. The van der Waals surface area contributed by atoms with Crippen LogP contribution in [-0.2, 0) is 16.4 Å². The molecule has 0 amide bonds. The highest BCUT2D eigenvalue weighted by Gasteiger charge is 2.11. The molecule has 1 heterocycles. The molecular formula is C12H23N5O2S. The predicted octanol–water partition coefficient (Wildman–Crippen LogP) is 0.822. The lowest BCUT2D eigenvalue weighted by Crippen LogP contribution is -2.26. The van der Waals surface area contributed by atoms with Gasteiger partial charge in [-0.15, -0.1) is 0 Å². The summed E-state index contributed by atoms with van der Waals surface area (Å²) in [6, 6.07) is 0. The van der Waals surface area contributed by atoms with Gasteiger partial charge in [0.15, 0.2) is 0 Å². The second-order valence-electron chi connectivity index (χ2n) is 4.28. The smallest absolute Gasteiger partial charge is 0.213 e. The topological polar surface area (TPSA) is 96.0 Å². The minimum atomic E-state index is -3.21. The molecule has 0 bridgehead atoms. The maximum absolute atomic E-state index is 11.4. The standard InChI is InChI=1S/C12H23N5O2S/c1-4-6-14-11-10(5-2)12(17-9-16-11)15-7-8-20(18,19)13-3/h9,13H,4-8H2,1-3H3,(H2,14,15,16,17). The largest absolute Gasteiger partial charge is 0.370 e. The molecule has 0 atom stereocenters. The molecule has 8 heteroatoms. The molecule has 0 aliphatic carbocycles. The quantitative estimate of drug-likeness (QED) is 0.625. The maximum Gasteiger partial charge on any atom is 0.213 e. The fraction of sp³-hybridized carbons (Fsp3) is 0.667. The van der Waals surface area contributed by atoms with Crippen LogP contribution < -0.4 is 15.4 Å². The van der Waals surface area contributed by atoms with Crippen molar-refractivity contribution in [1.29, 1.82) is 0 Å². The highest BCUT2D eigenvalue weighted by atomic mass is 32.2. The van der Waals surface area contributed by atoms with E-state index >= 15 is 0 Å². The molecule has 0 aliphatic heterocycles. The summed E-state index contributed by atoms with van der Waals surface area (Å²) in [6.45, 7) is 5.25. The van der Waals surface area contributed by atoms with Gasteiger partial charge in [0.2, 0.25) is 10.0 Å². The molecule has 3 N–H and O–H groups in total. The van der Waals surface area contributed by atoms with Gasteiger partial charge in [-0.05, 0) is 19.9 Å². The summed E-state index contributed by atoms with van der Waals surface area (Å²) in [5, 5.41) is 6.31. The number of nitrogens with zero attached hydrogens (tertiary/aromatic N) is 2. The van der Waals surface area contributed by atoms with E-state index in [1.165, 1.54) is 13.4 Å². The van der Waals surface area contributed by atoms with Crippen LogP contribution in [0, 0.1) is 0 Å². The normalized spacial score (nSPS) is 11.3. The molecule has 114 valence electrons. The number of anilines is 2. The summed E-state index contributed by atoms with van der Waals surface area (Å²) in [5.41, 5.74) is 0.975. The first-order chi connectivity index (χ1) is 9.54. The molecule has 0 saturated carbocycles. The van der Waals surface area contributed by atoms with Crippen LogP contribution in [0.1, 0.15) is 25.8 Å². The molecule has 0 unspecified atom stereocenters. The summed E-state index contributed by atoms with van der Waals surface area (Å²) in [5.74, 6) is 1.50. The van der Waals surface area contributed by atoms with Gasteiger partial charge in [-0.25, -0.2) is 23.1 Å². The molecule has 0 aliphatic rings. The second kappa shape index (κ2) is 8.01. The van der Waals surface area contributed by atoms with Crippen molar-refractivity contribution in [2.75, 3.05) is 36.5 Å². The van der Waals surface area contributed by atoms with Crippen LogP contribution in [-0.4, -0.2) is 44.3 Å². The molecule has 0 spiro atoms. The van der Waals surface area contributed by atoms with Gasteiger partial charge in [0.05, 0.1) is 5.75 Å². The Kier molecular flexibility index (Phi) is 6.66. The van der Waals surface area contributed by atoms with Gasteiger partial charge in [0.1, 0.15) is 18.0 Å². The van der Waals surface area contributed by atoms with Crippen molar-refractivity contribution in [3.63, 3.8) is 0 Å². The lowest BCUT2D eigenvalue weighted by molar-refractivity contribution is 0.588. The molecule has 0 radical (unpaired) electrons. The number of hydrogen-bond donors (Lipinski definition) is 3. The van der Waals surface area contributed by atoms with E-state index in [-0.39, 0.29) is 5.75 Å². The Morgan fingerprint density at radius 1 is 1.10 bits per heavy atom. The van der Waals surface area contributed by atoms with Crippen molar-refractivity contribution in [3.05, 3.63) is 11.9 Å². The lowest BCUT2D eigenvalue weighted by atomic mass is 10.2. The molecule has 0 fully saturated rings. The van der Waals surface area contributed by atoms with E-state index in [1.54, 1.807) is 0 Å². The highest BCUT2D eigenvalue weighted by molar-refractivity contribution is 7.89. The summed E-state index contributed by atoms with van der Waals surface area (Å²) >= 11 is 0. The van der Waals surface area contributed by atoms with Crippen LogP contribution >= 0.6 is 0 Å². The highest BCUT2D eigenvalue weighted by Crippen LogP contribution is 2.20. The molecule has 7 nitrogen and oxygen atoms in total. The molecule has 20 heavy (non-hydrogen) atoms. The van der Waals surface area contributed by atoms with Crippen molar-refractivity contribution >= 4 is 21.7 Å². The van der Waals surface area contributed by atoms with Crippen molar-refractivity contribution in [2.24, 2.45) is 0 Å². The number of rotatable bonds is 9. The van der Waals surface area contributed by atoms with Crippen LogP contribution in [0.25, 0.3) is 0 Å².